The first-order valence-corrected chi connectivity index (χ1v) is 10.8. The van der Waals surface area contributed by atoms with E-state index in [1.165, 1.54) is 12.1 Å². The lowest BCUT2D eigenvalue weighted by Gasteiger charge is -2.22. The first kappa shape index (κ1) is 23.2. The Morgan fingerprint density at radius 3 is 2.59 bits per heavy atom. The predicted molar refractivity (Wildman–Crippen MR) is 124 cm³/mol. The number of guanidine groups is 1. The third-order valence-electron chi connectivity index (χ3n) is 5.27. The van der Waals surface area contributed by atoms with E-state index in [1.807, 2.05) is 43.7 Å². The van der Waals surface area contributed by atoms with Crippen LogP contribution in [0.3, 0.4) is 0 Å². The molecule has 2 atom stereocenters. The van der Waals surface area contributed by atoms with Crippen LogP contribution >= 0.6 is 0 Å². The van der Waals surface area contributed by atoms with Crippen LogP contribution in [-0.2, 0) is 13.6 Å². The van der Waals surface area contributed by atoms with Gasteiger partial charge in [0.25, 0.3) is 0 Å². The van der Waals surface area contributed by atoms with Crippen molar-refractivity contribution in [3.8, 4) is 5.75 Å². The topological polar surface area (TPSA) is 76.4 Å². The SMILES string of the molecule is CCC(CNC(=NCc1nnc(C)n1C)NC(C)c1ccccc1)Oc1cccc(F)c1. The van der Waals surface area contributed by atoms with E-state index in [0.717, 1.165) is 23.6 Å². The van der Waals surface area contributed by atoms with Crippen LogP contribution in [0.2, 0.25) is 0 Å². The lowest BCUT2D eigenvalue weighted by molar-refractivity contribution is 0.198. The maximum atomic E-state index is 13.5. The Morgan fingerprint density at radius 2 is 1.94 bits per heavy atom. The number of ether oxygens (including phenoxy) is 1. The minimum atomic E-state index is -0.315. The minimum Gasteiger partial charge on any atom is -0.489 e. The van der Waals surface area contributed by atoms with Gasteiger partial charge in [0.15, 0.2) is 11.8 Å². The second-order valence-corrected chi connectivity index (χ2v) is 7.65. The van der Waals surface area contributed by atoms with Crippen molar-refractivity contribution in [2.24, 2.45) is 12.0 Å². The molecule has 170 valence electrons. The Labute approximate surface area is 188 Å². The minimum absolute atomic E-state index is 0.0490. The highest BCUT2D eigenvalue weighted by atomic mass is 19.1. The molecule has 0 bridgehead atoms. The average molecular weight is 439 g/mol. The molecule has 0 amide bonds. The molecule has 7 nitrogen and oxygen atoms in total. The molecule has 0 fully saturated rings. The number of nitrogens with one attached hydrogen (secondary N) is 2. The van der Waals surface area contributed by atoms with Crippen LogP contribution in [0.15, 0.2) is 59.6 Å². The smallest absolute Gasteiger partial charge is 0.192 e. The van der Waals surface area contributed by atoms with E-state index >= 15 is 0 Å². The largest absolute Gasteiger partial charge is 0.489 e. The third-order valence-corrected chi connectivity index (χ3v) is 5.27. The highest BCUT2D eigenvalue weighted by Crippen LogP contribution is 2.15. The molecule has 3 rings (SSSR count). The Kier molecular flexibility index (Phi) is 8.19. The van der Waals surface area contributed by atoms with E-state index in [2.05, 4.69) is 39.9 Å². The molecule has 8 heteroatoms. The normalized spacial score (nSPS) is 13.5. The molecule has 2 aromatic carbocycles. The standard InChI is InChI=1S/C24H31FN6O/c1-5-21(32-22-13-9-12-20(25)14-22)15-26-24(27-16-23-30-29-18(3)31(23)4)28-17(2)19-10-7-6-8-11-19/h6-14,17,21H,5,15-16H2,1-4H3,(H2,26,27,28). The molecule has 1 heterocycles. The van der Waals surface area contributed by atoms with Gasteiger partial charge in [0, 0.05) is 13.1 Å². The Morgan fingerprint density at radius 1 is 1.16 bits per heavy atom. The second-order valence-electron chi connectivity index (χ2n) is 7.65. The molecule has 0 aliphatic rings. The summed E-state index contributed by atoms with van der Waals surface area (Å²) >= 11 is 0. The molecule has 0 aliphatic heterocycles. The number of hydrogen-bond acceptors (Lipinski definition) is 4. The van der Waals surface area contributed by atoms with Crippen molar-refractivity contribution in [3.05, 3.63) is 77.6 Å². The van der Waals surface area contributed by atoms with Gasteiger partial charge in [-0.2, -0.15) is 0 Å². The van der Waals surface area contributed by atoms with E-state index in [0.29, 0.717) is 24.8 Å². The molecular formula is C24H31FN6O. The number of rotatable bonds is 9. The highest BCUT2D eigenvalue weighted by Gasteiger charge is 2.13. The Bertz CT molecular complexity index is 1020. The number of aryl methyl sites for hydroxylation is 1. The average Bonchev–Trinajstić information content (AvgIpc) is 3.12. The summed E-state index contributed by atoms with van der Waals surface area (Å²) in [5.74, 6) is 2.45. The number of aromatic nitrogens is 3. The fourth-order valence-corrected chi connectivity index (χ4v) is 3.13. The van der Waals surface area contributed by atoms with Gasteiger partial charge in [-0.05, 0) is 38.0 Å². The van der Waals surface area contributed by atoms with Gasteiger partial charge in [0.2, 0.25) is 0 Å². The summed E-state index contributed by atoms with van der Waals surface area (Å²) in [7, 11) is 1.92. The van der Waals surface area contributed by atoms with Gasteiger partial charge < -0.3 is 19.9 Å². The quantitative estimate of drug-likeness (QED) is 0.391. The molecule has 2 N–H and O–H groups in total. The fourth-order valence-electron chi connectivity index (χ4n) is 3.13. The first-order valence-electron chi connectivity index (χ1n) is 10.8. The van der Waals surface area contributed by atoms with Gasteiger partial charge >= 0.3 is 0 Å². The van der Waals surface area contributed by atoms with E-state index in [-0.39, 0.29) is 18.0 Å². The summed E-state index contributed by atoms with van der Waals surface area (Å²) in [6.07, 6.45) is 0.612. The van der Waals surface area contributed by atoms with Crippen LogP contribution in [0.25, 0.3) is 0 Å². The molecule has 0 saturated heterocycles. The molecule has 0 saturated carbocycles. The zero-order chi connectivity index (χ0) is 22.9. The summed E-state index contributed by atoms with van der Waals surface area (Å²) in [6.45, 7) is 6.92. The summed E-state index contributed by atoms with van der Waals surface area (Å²) in [5.41, 5.74) is 1.15. The maximum Gasteiger partial charge on any atom is 0.192 e. The van der Waals surface area contributed by atoms with Crippen molar-refractivity contribution in [2.45, 2.75) is 45.9 Å². The van der Waals surface area contributed by atoms with Crippen molar-refractivity contribution < 1.29 is 9.13 Å². The number of halogens is 1. The van der Waals surface area contributed by atoms with Crippen molar-refractivity contribution in [1.29, 1.82) is 0 Å². The van der Waals surface area contributed by atoms with Gasteiger partial charge in [-0.3, -0.25) is 0 Å². The summed E-state index contributed by atoms with van der Waals surface area (Å²) in [5, 5.41) is 15.1. The first-order chi connectivity index (χ1) is 15.5. The van der Waals surface area contributed by atoms with Gasteiger partial charge in [0.1, 0.15) is 30.0 Å². The van der Waals surface area contributed by atoms with Gasteiger partial charge in [-0.25, -0.2) is 9.38 Å². The summed E-state index contributed by atoms with van der Waals surface area (Å²) < 4.78 is 21.4. The Hall–Kier alpha value is -3.42. The van der Waals surface area contributed by atoms with Crippen molar-refractivity contribution >= 4 is 5.96 Å². The predicted octanol–water partition coefficient (Wildman–Crippen LogP) is 3.92. The molecule has 2 unspecified atom stereocenters. The van der Waals surface area contributed by atoms with E-state index in [4.69, 9.17) is 9.73 Å². The van der Waals surface area contributed by atoms with Crippen LogP contribution in [0.5, 0.6) is 5.75 Å². The van der Waals surface area contributed by atoms with Crippen molar-refractivity contribution in [2.75, 3.05) is 6.54 Å². The van der Waals surface area contributed by atoms with Gasteiger partial charge in [-0.1, -0.05) is 43.3 Å². The second kappa shape index (κ2) is 11.3. The molecule has 0 radical (unpaired) electrons. The van der Waals surface area contributed by atoms with E-state index in [9.17, 15) is 4.39 Å². The summed E-state index contributed by atoms with van der Waals surface area (Å²) in [4.78, 5) is 4.72. The van der Waals surface area contributed by atoms with Gasteiger partial charge in [-0.15, -0.1) is 10.2 Å². The van der Waals surface area contributed by atoms with Crippen LogP contribution in [0.1, 0.15) is 43.5 Å². The Balaban J connectivity index is 1.70. The van der Waals surface area contributed by atoms with E-state index < -0.39 is 0 Å². The van der Waals surface area contributed by atoms with Crippen LogP contribution in [0, 0.1) is 12.7 Å². The number of nitrogens with zero attached hydrogens (tertiary/aromatic N) is 4. The molecule has 3 aromatic rings. The third kappa shape index (κ3) is 6.54. The number of benzene rings is 2. The number of aliphatic imine (C=N–C) groups is 1. The summed E-state index contributed by atoms with van der Waals surface area (Å²) in [6, 6.07) is 16.4. The van der Waals surface area contributed by atoms with Crippen molar-refractivity contribution in [1.82, 2.24) is 25.4 Å². The van der Waals surface area contributed by atoms with Crippen LogP contribution in [-0.4, -0.2) is 33.4 Å². The maximum absolute atomic E-state index is 13.5. The van der Waals surface area contributed by atoms with Crippen LogP contribution < -0.4 is 15.4 Å². The monoisotopic (exact) mass is 438 g/mol. The number of hydrogen-bond donors (Lipinski definition) is 2. The highest BCUT2D eigenvalue weighted by molar-refractivity contribution is 5.80. The lowest BCUT2D eigenvalue weighted by Crippen LogP contribution is -2.43. The van der Waals surface area contributed by atoms with Gasteiger partial charge in [0.05, 0.1) is 12.6 Å². The molecular weight excluding hydrogens is 407 g/mol. The van der Waals surface area contributed by atoms with Crippen LogP contribution in [0.4, 0.5) is 4.39 Å². The fraction of sp³-hybridized carbons (Fsp3) is 0.375. The molecule has 1 aromatic heterocycles. The zero-order valence-corrected chi connectivity index (χ0v) is 19.0. The zero-order valence-electron chi connectivity index (χ0n) is 19.0. The van der Waals surface area contributed by atoms with E-state index in [1.54, 1.807) is 12.1 Å². The molecule has 32 heavy (non-hydrogen) atoms. The molecule has 0 aliphatic carbocycles. The van der Waals surface area contributed by atoms with Crippen molar-refractivity contribution in [3.63, 3.8) is 0 Å². The lowest BCUT2D eigenvalue weighted by atomic mass is 10.1. The molecule has 0 spiro atoms.